The molecule has 0 spiro atoms. The Kier molecular flexibility index (Phi) is 3.84. The molecule has 0 saturated heterocycles. The zero-order chi connectivity index (χ0) is 17.6. The zero-order valence-corrected chi connectivity index (χ0v) is 13.7. The number of hydrogen-bond donors (Lipinski definition) is 1. The molecule has 0 unspecified atom stereocenters. The van der Waals surface area contributed by atoms with Gasteiger partial charge in [0.1, 0.15) is 17.5 Å². The molecule has 4 rings (SSSR count). The first-order chi connectivity index (χ1) is 12.0. The molecule has 25 heavy (non-hydrogen) atoms. The Labute approximate surface area is 145 Å². The molecule has 2 nitrogen and oxygen atoms in total. The van der Waals surface area contributed by atoms with Crippen molar-refractivity contribution in [3.05, 3.63) is 75.7 Å². The van der Waals surface area contributed by atoms with Crippen molar-refractivity contribution >= 4 is 22.9 Å². The SMILES string of the molecule is O=C1C[C@H](c2cc(F)ccc2F)c2scc(-c3cccc(F)c3)c2N1. The molecule has 2 heterocycles. The number of fused-ring (bicyclic) bond motifs is 1. The third-order valence-corrected chi connectivity index (χ3v) is 5.36. The van der Waals surface area contributed by atoms with Crippen LogP contribution in [0, 0.1) is 17.5 Å². The van der Waals surface area contributed by atoms with Crippen LogP contribution in [0.1, 0.15) is 22.8 Å². The standard InChI is InChI=1S/C19H12F3NOS/c20-11-3-1-2-10(6-11)15-9-25-19-14(8-17(24)23-18(15)19)13-7-12(21)4-5-16(13)22/h1-7,9,14H,8H2,(H,23,24)/t14-/m1/s1. The monoisotopic (exact) mass is 359 g/mol. The van der Waals surface area contributed by atoms with Gasteiger partial charge in [-0.25, -0.2) is 13.2 Å². The Bertz CT molecular complexity index is 983. The second kappa shape index (κ2) is 6.04. The fourth-order valence-electron chi connectivity index (χ4n) is 3.13. The maximum atomic E-state index is 14.2. The maximum Gasteiger partial charge on any atom is 0.225 e. The second-order valence-corrected chi connectivity index (χ2v) is 6.78. The zero-order valence-electron chi connectivity index (χ0n) is 12.9. The number of carbonyl (C=O) groups is 1. The molecule has 0 fully saturated rings. The highest BCUT2D eigenvalue weighted by molar-refractivity contribution is 7.11. The van der Waals surface area contributed by atoms with E-state index in [-0.39, 0.29) is 23.7 Å². The number of carbonyl (C=O) groups excluding carboxylic acids is 1. The van der Waals surface area contributed by atoms with Crippen LogP contribution in [0.2, 0.25) is 0 Å². The van der Waals surface area contributed by atoms with Crippen molar-refractivity contribution in [2.24, 2.45) is 0 Å². The summed E-state index contributed by atoms with van der Waals surface area (Å²) in [5.74, 6) is -2.32. The molecule has 126 valence electrons. The molecule has 6 heteroatoms. The molecule has 3 aromatic rings. The molecule has 1 aromatic heterocycles. The summed E-state index contributed by atoms with van der Waals surface area (Å²) in [5.41, 5.74) is 2.00. The predicted octanol–water partition coefficient (Wildman–Crippen LogP) is 5.31. The lowest BCUT2D eigenvalue weighted by molar-refractivity contribution is -0.116. The summed E-state index contributed by atoms with van der Waals surface area (Å²) in [6.07, 6.45) is 0.0382. The fourth-order valence-corrected chi connectivity index (χ4v) is 4.28. The van der Waals surface area contributed by atoms with Crippen LogP contribution in [0.15, 0.2) is 47.8 Å². The minimum atomic E-state index is -0.563. The van der Waals surface area contributed by atoms with E-state index in [1.54, 1.807) is 17.5 Å². The number of halogens is 3. The molecule has 0 saturated carbocycles. The van der Waals surface area contributed by atoms with Gasteiger partial charge in [-0.3, -0.25) is 4.79 Å². The summed E-state index contributed by atoms with van der Waals surface area (Å²) in [7, 11) is 0. The summed E-state index contributed by atoms with van der Waals surface area (Å²) < 4.78 is 41.3. The van der Waals surface area contributed by atoms with Crippen molar-refractivity contribution in [2.45, 2.75) is 12.3 Å². The molecular formula is C19H12F3NOS. The van der Waals surface area contributed by atoms with E-state index in [0.717, 1.165) is 23.1 Å². The minimum absolute atomic E-state index is 0.0382. The molecule has 1 aliphatic heterocycles. The Morgan fingerprint density at radius 3 is 2.64 bits per heavy atom. The van der Waals surface area contributed by atoms with Crippen molar-refractivity contribution in [2.75, 3.05) is 5.32 Å². The summed E-state index contributed by atoms with van der Waals surface area (Å²) >= 11 is 1.35. The van der Waals surface area contributed by atoms with Crippen molar-refractivity contribution < 1.29 is 18.0 Å². The number of benzene rings is 2. The number of thiophene rings is 1. The molecule has 0 bridgehead atoms. The average molecular weight is 359 g/mol. The quantitative estimate of drug-likeness (QED) is 0.660. The molecule has 1 N–H and O–H groups in total. The average Bonchev–Trinajstić information content (AvgIpc) is 3.00. The molecule has 0 radical (unpaired) electrons. The Balaban J connectivity index is 1.86. The van der Waals surface area contributed by atoms with Gasteiger partial charge in [-0.2, -0.15) is 0 Å². The maximum absolute atomic E-state index is 14.2. The van der Waals surface area contributed by atoms with Gasteiger partial charge >= 0.3 is 0 Å². The Morgan fingerprint density at radius 2 is 1.84 bits per heavy atom. The van der Waals surface area contributed by atoms with E-state index in [4.69, 9.17) is 0 Å². The normalized spacial score (nSPS) is 16.4. The van der Waals surface area contributed by atoms with Gasteiger partial charge in [0.2, 0.25) is 5.91 Å². The highest BCUT2D eigenvalue weighted by Crippen LogP contribution is 2.47. The van der Waals surface area contributed by atoms with Gasteiger partial charge in [0.05, 0.1) is 5.69 Å². The number of hydrogen-bond acceptors (Lipinski definition) is 2. The molecule has 1 aliphatic rings. The van der Waals surface area contributed by atoms with Crippen LogP contribution in [0.4, 0.5) is 18.9 Å². The van der Waals surface area contributed by atoms with Crippen molar-refractivity contribution in [1.29, 1.82) is 0 Å². The van der Waals surface area contributed by atoms with Crippen LogP contribution in [-0.4, -0.2) is 5.91 Å². The molecule has 0 aliphatic carbocycles. The Hall–Kier alpha value is -2.60. The van der Waals surface area contributed by atoms with Crippen LogP contribution in [0.3, 0.4) is 0 Å². The van der Waals surface area contributed by atoms with Crippen molar-refractivity contribution in [1.82, 2.24) is 0 Å². The van der Waals surface area contributed by atoms with E-state index in [2.05, 4.69) is 5.32 Å². The third kappa shape index (κ3) is 2.82. The van der Waals surface area contributed by atoms with Gasteiger partial charge in [0.25, 0.3) is 0 Å². The first-order valence-corrected chi connectivity index (χ1v) is 8.53. The number of rotatable bonds is 2. The molecule has 1 amide bonds. The highest BCUT2D eigenvalue weighted by Gasteiger charge is 2.32. The topological polar surface area (TPSA) is 29.1 Å². The summed E-state index contributed by atoms with van der Waals surface area (Å²) in [4.78, 5) is 12.9. The van der Waals surface area contributed by atoms with Gasteiger partial charge in [-0.1, -0.05) is 12.1 Å². The van der Waals surface area contributed by atoms with E-state index in [9.17, 15) is 18.0 Å². The predicted molar refractivity (Wildman–Crippen MR) is 91.2 cm³/mol. The second-order valence-electron chi connectivity index (χ2n) is 5.87. The number of anilines is 1. The van der Waals surface area contributed by atoms with E-state index in [1.165, 1.54) is 23.5 Å². The smallest absolute Gasteiger partial charge is 0.225 e. The van der Waals surface area contributed by atoms with E-state index >= 15 is 0 Å². The fraction of sp³-hybridized carbons (Fsp3) is 0.105. The third-order valence-electron chi connectivity index (χ3n) is 4.26. The van der Waals surface area contributed by atoms with Gasteiger partial charge in [0.15, 0.2) is 0 Å². The molecule has 1 atom stereocenters. The van der Waals surface area contributed by atoms with Gasteiger partial charge in [-0.05, 0) is 41.5 Å². The Morgan fingerprint density at radius 1 is 1.04 bits per heavy atom. The lowest BCUT2D eigenvalue weighted by Crippen LogP contribution is -2.23. The van der Waals surface area contributed by atoms with Gasteiger partial charge in [0, 0.05) is 28.2 Å². The lowest BCUT2D eigenvalue weighted by atomic mass is 9.88. The summed E-state index contributed by atoms with van der Waals surface area (Å²) in [6, 6.07) is 9.29. The van der Waals surface area contributed by atoms with Crippen LogP contribution >= 0.6 is 11.3 Å². The minimum Gasteiger partial charge on any atom is -0.325 e. The van der Waals surface area contributed by atoms with E-state index in [1.807, 2.05) is 0 Å². The van der Waals surface area contributed by atoms with E-state index < -0.39 is 17.6 Å². The number of amides is 1. The highest BCUT2D eigenvalue weighted by atomic mass is 32.1. The van der Waals surface area contributed by atoms with Gasteiger partial charge in [-0.15, -0.1) is 11.3 Å². The lowest BCUT2D eigenvalue weighted by Gasteiger charge is -2.24. The first kappa shape index (κ1) is 15.9. The van der Waals surface area contributed by atoms with Crippen molar-refractivity contribution in [3.63, 3.8) is 0 Å². The van der Waals surface area contributed by atoms with Crippen LogP contribution in [0.25, 0.3) is 11.1 Å². The largest absolute Gasteiger partial charge is 0.325 e. The molecule has 2 aromatic carbocycles. The number of nitrogens with one attached hydrogen (secondary N) is 1. The van der Waals surface area contributed by atoms with Crippen LogP contribution in [-0.2, 0) is 4.79 Å². The van der Waals surface area contributed by atoms with Crippen LogP contribution < -0.4 is 5.32 Å². The summed E-state index contributed by atoms with van der Waals surface area (Å²) in [5, 5.41) is 4.59. The molecular weight excluding hydrogens is 347 g/mol. The van der Waals surface area contributed by atoms with E-state index in [0.29, 0.717) is 16.8 Å². The van der Waals surface area contributed by atoms with Crippen molar-refractivity contribution in [3.8, 4) is 11.1 Å². The van der Waals surface area contributed by atoms with Crippen LogP contribution in [0.5, 0.6) is 0 Å². The van der Waals surface area contributed by atoms with Gasteiger partial charge < -0.3 is 5.32 Å². The first-order valence-electron chi connectivity index (χ1n) is 7.65. The summed E-state index contributed by atoms with van der Waals surface area (Å²) in [6.45, 7) is 0.